The third kappa shape index (κ3) is 6.46. The molecule has 2 saturated heterocycles. The van der Waals surface area contributed by atoms with Gasteiger partial charge >= 0.3 is 0 Å². The van der Waals surface area contributed by atoms with Crippen LogP contribution in [0.25, 0.3) is 11.1 Å². The Hall–Kier alpha value is -2.66. The van der Waals surface area contributed by atoms with E-state index in [9.17, 15) is 14.4 Å². The molecule has 2 aromatic rings. The number of benzene rings is 2. The summed E-state index contributed by atoms with van der Waals surface area (Å²) in [6.45, 7) is 3.58. The van der Waals surface area contributed by atoms with Crippen molar-refractivity contribution in [3.8, 4) is 17.3 Å². The van der Waals surface area contributed by atoms with E-state index in [4.69, 9.17) is 23.2 Å². The molecular weight excluding hydrogens is 548 g/mol. The molecular formula is C31H36Cl2FN5O. The summed E-state index contributed by atoms with van der Waals surface area (Å²) in [6, 6.07) is 11.8. The van der Waals surface area contributed by atoms with E-state index in [0.29, 0.717) is 60.8 Å². The van der Waals surface area contributed by atoms with Gasteiger partial charge in [-0.05, 0) is 66.6 Å². The lowest BCUT2D eigenvalue weighted by molar-refractivity contribution is 0.0630. The molecule has 40 heavy (non-hydrogen) atoms. The van der Waals surface area contributed by atoms with Gasteiger partial charge in [-0.2, -0.15) is 10.3 Å². The summed E-state index contributed by atoms with van der Waals surface area (Å²) in [5.74, 6) is 0.993. The molecule has 0 aromatic heterocycles. The second-order valence-electron chi connectivity index (χ2n) is 11.1. The van der Waals surface area contributed by atoms with Crippen molar-refractivity contribution < 1.29 is 9.18 Å². The Morgan fingerprint density at radius 2 is 1.62 bits per heavy atom. The van der Waals surface area contributed by atoms with Gasteiger partial charge in [0.1, 0.15) is 12.5 Å². The van der Waals surface area contributed by atoms with Crippen LogP contribution in [-0.2, 0) is 6.42 Å². The van der Waals surface area contributed by atoms with Gasteiger partial charge in [0.25, 0.3) is 5.91 Å². The monoisotopic (exact) mass is 583 g/mol. The first kappa shape index (κ1) is 28.9. The number of carbonyl (C=O) groups excluding carboxylic acids is 1. The largest absolute Gasteiger partial charge is 0.356 e. The first-order valence-corrected chi connectivity index (χ1v) is 15.1. The number of hydrogen-bond acceptors (Lipinski definition) is 4. The number of rotatable bonds is 7. The van der Waals surface area contributed by atoms with E-state index in [0.717, 1.165) is 48.3 Å². The van der Waals surface area contributed by atoms with Crippen molar-refractivity contribution in [2.24, 2.45) is 10.9 Å². The van der Waals surface area contributed by atoms with E-state index in [1.165, 1.54) is 19.3 Å². The third-order valence-electron chi connectivity index (χ3n) is 8.67. The fourth-order valence-corrected chi connectivity index (χ4v) is 7.07. The summed E-state index contributed by atoms with van der Waals surface area (Å²) in [5.41, 5.74) is 3.32. The van der Waals surface area contributed by atoms with Crippen LogP contribution in [0.2, 0.25) is 10.0 Å². The first-order chi connectivity index (χ1) is 19.5. The second kappa shape index (κ2) is 13.3. The number of aliphatic imine (C=N–C) groups is 1. The van der Waals surface area contributed by atoms with Crippen LogP contribution in [0, 0.1) is 17.4 Å². The maximum atomic E-state index is 13.0. The average molecular weight is 585 g/mol. The highest BCUT2D eigenvalue weighted by atomic mass is 35.5. The first-order valence-electron chi connectivity index (χ1n) is 14.4. The highest BCUT2D eigenvalue weighted by Gasteiger charge is 2.35. The summed E-state index contributed by atoms with van der Waals surface area (Å²) in [6.07, 6.45) is 9.69. The van der Waals surface area contributed by atoms with E-state index >= 15 is 0 Å². The van der Waals surface area contributed by atoms with Gasteiger partial charge in [0.05, 0.1) is 0 Å². The molecule has 1 amide bonds. The van der Waals surface area contributed by atoms with Crippen molar-refractivity contribution >= 4 is 34.9 Å². The van der Waals surface area contributed by atoms with Crippen LogP contribution in [0.4, 0.5) is 4.39 Å². The molecule has 1 aliphatic carbocycles. The minimum atomic E-state index is -0.361. The molecule has 9 heteroatoms. The van der Waals surface area contributed by atoms with Crippen molar-refractivity contribution in [3.05, 3.63) is 57.6 Å². The van der Waals surface area contributed by atoms with E-state index in [1.807, 2.05) is 52.4 Å². The Kier molecular flexibility index (Phi) is 9.62. The molecule has 1 unspecified atom stereocenters. The van der Waals surface area contributed by atoms with Crippen molar-refractivity contribution in [1.29, 1.82) is 5.26 Å². The zero-order chi connectivity index (χ0) is 28.1. The zero-order valence-corrected chi connectivity index (χ0v) is 24.3. The van der Waals surface area contributed by atoms with Crippen LogP contribution >= 0.6 is 23.2 Å². The fraction of sp³-hybridized carbons (Fsp3) is 0.516. The van der Waals surface area contributed by atoms with Gasteiger partial charge in [-0.3, -0.25) is 9.69 Å². The quantitative estimate of drug-likeness (QED) is 0.351. The average Bonchev–Trinajstić information content (AvgIpc) is 3.38. The predicted molar refractivity (Wildman–Crippen MR) is 159 cm³/mol. The highest BCUT2D eigenvalue weighted by molar-refractivity contribution is 6.36. The van der Waals surface area contributed by atoms with Crippen LogP contribution in [0.5, 0.6) is 0 Å². The van der Waals surface area contributed by atoms with Gasteiger partial charge in [0.15, 0.2) is 0 Å². The summed E-state index contributed by atoms with van der Waals surface area (Å²) >= 11 is 13.6. The van der Waals surface area contributed by atoms with E-state index in [-0.39, 0.29) is 18.5 Å². The van der Waals surface area contributed by atoms with Crippen LogP contribution < -0.4 is 0 Å². The molecule has 2 aromatic carbocycles. The maximum absolute atomic E-state index is 13.0. The fourth-order valence-electron chi connectivity index (χ4n) is 6.43. The Labute approximate surface area is 246 Å². The molecule has 0 N–H and O–H groups in total. The van der Waals surface area contributed by atoms with E-state index in [1.54, 1.807) is 0 Å². The molecule has 2 heterocycles. The minimum absolute atomic E-state index is 0.00784. The van der Waals surface area contributed by atoms with Crippen molar-refractivity contribution in [1.82, 2.24) is 14.7 Å². The van der Waals surface area contributed by atoms with Crippen molar-refractivity contribution in [2.45, 2.75) is 51.0 Å². The van der Waals surface area contributed by atoms with Crippen LogP contribution in [0.3, 0.4) is 0 Å². The molecule has 2 aliphatic heterocycles. The van der Waals surface area contributed by atoms with E-state index in [2.05, 4.69) is 9.89 Å². The zero-order valence-electron chi connectivity index (χ0n) is 22.8. The Bertz CT molecular complexity index is 1240. The van der Waals surface area contributed by atoms with Gasteiger partial charge in [0, 0.05) is 66.8 Å². The minimum Gasteiger partial charge on any atom is -0.356 e. The van der Waals surface area contributed by atoms with Gasteiger partial charge in [-0.25, -0.2) is 4.39 Å². The molecule has 0 radical (unpaired) electrons. The molecule has 5 rings (SSSR count). The van der Waals surface area contributed by atoms with Crippen molar-refractivity contribution in [2.75, 3.05) is 45.9 Å². The smallest absolute Gasteiger partial charge is 0.253 e. The van der Waals surface area contributed by atoms with Crippen LogP contribution in [-0.4, -0.2) is 78.4 Å². The lowest BCUT2D eigenvalue weighted by atomic mass is 9.93. The molecule has 0 spiro atoms. The Morgan fingerprint density at radius 3 is 2.25 bits per heavy atom. The normalized spacial score (nSPS) is 21.6. The number of alkyl halides is 1. The number of amides is 1. The SMILES string of the molecule is N#CN=C1C(Cc2c(Cl)cc(-c3ccc(C(=O)N4CCN(CCF)CC4)cc3)cc2Cl)CCN1C1CCCCC1. The van der Waals surface area contributed by atoms with E-state index < -0.39 is 0 Å². The Morgan fingerprint density at radius 1 is 0.950 bits per heavy atom. The van der Waals surface area contributed by atoms with Gasteiger partial charge in [0.2, 0.25) is 6.19 Å². The highest BCUT2D eigenvalue weighted by Crippen LogP contribution is 2.37. The summed E-state index contributed by atoms with van der Waals surface area (Å²) in [7, 11) is 0. The van der Waals surface area contributed by atoms with Gasteiger partial charge in [-0.1, -0.05) is 54.6 Å². The lowest BCUT2D eigenvalue weighted by Gasteiger charge is -2.34. The molecule has 1 atom stereocenters. The number of carbonyl (C=O) groups is 1. The maximum Gasteiger partial charge on any atom is 0.253 e. The molecule has 212 valence electrons. The number of piperazine rings is 1. The lowest BCUT2D eigenvalue weighted by Crippen LogP contribution is -2.49. The van der Waals surface area contributed by atoms with Gasteiger partial charge in [-0.15, -0.1) is 0 Å². The number of hydrogen-bond donors (Lipinski definition) is 0. The number of halogens is 3. The molecule has 6 nitrogen and oxygen atoms in total. The Balaban J connectivity index is 1.26. The third-order valence-corrected chi connectivity index (χ3v) is 9.35. The molecule has 0 bridgehead atoms. The summed E-state index contributed by atoms with van der Waals surface area (Å²) < 4.78 is 12.6. The second-order valence-corrected chi connectivity index (χ2v) is 11.9. The topological polar surface area (TPSA) is 62.9 Å². The molecule has 3 aliphatic rings. The molecule has 1 saturated carbocycles. The number of nitriles is 1. The predicted octanol–water partition coefficient (Wildman–Crippen LogP) is 6.46. The van der Waals surface area contributed by atoms with Crippen molar-refractivity contribution in [3.63, 3.8) is 0 Å². The van der Waals surface area contributed by atoms with Crippen LogP contribution in [0.15, 0.2) is 41.4 Å². The number of likely N-dealkylation sites (tertiary alicyclic amines) is 1. The van der Waals surface area contributed by atoms with Gasteiger partial charge < -0.3 is 9.80 Å². The van der Waals surface area contributed by atoms with Crippen LogP contribution in [0.1, 0.15) is 54.4 Å². The molecule has 3 fully saturated rings. The number of amidine groups is 1. The number of nitrogens with zero attached hydrogens (tertiary/aromatic N) is 5. The summed E-state index contributed by atoms with van der Waals surface area (Å²) in [4.78, 5) is 23.5. The standard InChI is InChI=1S/C31H36Cl2FN5O/c32-28-19-25(22-6-8-23(9-7-22)31(40)38-16-14-37(13-11-34)15-17-38)20-29(33)27(28)18-24-10-12-39(30(24)36-21-35)26-4-2-1-3-5-26/h6-9,19-20,24,26H,1-5,10-18H2. The summed E-state index contributed by atoms with van der Waals surface area (Å²) in [5, 5.41) is 10.6.